The Bertz CT molecular complexity index is 3950. The van der Waals surface area contributed by atoms with Gasteiger partial charge in [0.25, 0.3) is 0 Å². The molecule has 0 bridgehead atoms. The van der Waals surface area contributed by atoms with Crippen molar-refractivity contribution in [2.75, 3.05) is 4.81 Å². The molecule has 0 atom stereocenters. The molecule has 4 nitrogen and oxygen atoms in total. The predicted molar refractivity (Wildman–Crippen MR) is 274 cm³/mol. The molecule has 0 radical (unpaired) electrons. The van der Waals surface area contributed by atoms with Gasteiger partial charge in [0.1, 0.15) is 22.3 Å². The molecule has 0 saturated carbocycles. The van der Waals surface area contributed by atoms with E-state index in [4.69, 9.17) is 8.83 Å². The number of hydrogen-bond donors (Lipinski definition) is 0. The molecule has 2 aliphatic heterocycles. The fourth-order valence-electron chi connectivity index (χ4n) is 12.2. The highest BCUT2D eigenvalue weighted by molar-refractivity contribution is 6.93. The normalized spacial score (nSPS) is 14.9. The van der Waals surface area contributed by atoms with E-state index in [9.17, 15) is 0 Å². The lowest BCUT2D eigenvalue weighted by molar-refractivity contribution is 0.587. The Hall–Kier alpha value is -6.98. The number of anilines is 2. The van der Waals surface area contributed by atoms with Crippen molar-refractivity contribution >= 4 is 94.8 Å². The first-order chi connectivity index (χ1) is 31.1. The van der Waals surface area contributed by atoms with Crippen molar-refractivity contribution in [1.29, 1.82) is 0 Å². The highest BCUT2D eigenvalue weighted by atomic mass is 16.3. The smallest absolute Gasteiger partial charge is 0.333 e. The topological polar surface area (TPSA) is 34.5 Å². The second-order valence-electron chi connectivity index (χ2n) is 21.8. The van der Waals surface area contributed by atoms with E-state index in [1.165, 1.54) is 99.9 Å². The molecule has 0 N–H and O–H groups in total. The number of furan rings is 2. The highest BCUT2D eigenvalue weighted by Crippen LogP contribution is 2.53. The first kappa shape index (κ1) is 37.4. The van der Waals surface area contributed by atoms with E-state index in [1.807, 2.05) is 0 Å². The van der Waals surface area contributed by atoms with Gasteiger partial charge in [-0.15, -0.1) is 0 Å². The Labute approximate surface area is 379 Å². The minimum absolute atomic E-state index is 0.00431. The number of aromatic nitrogens is 1. The largest absolute Gasteiger partial charge is 0.456 e. The molecule has 14 rings (SSSR count). The number of fused-ring (bicyclic) bond motifs is 17. The summed E-state index contributed by atoms with van der Waals surface area (Å²) >= 11 is 0. The van der Waals surface area contributed by atoms with Gasteiger partial charge in [0.15, 0.2) is 0 Å². The van der Waals surface area contributed by atoms with Crippen LogP contribution in [0, 0.1) is 6.92 Å². The molecule has 8 aromatic carbocycles. The van der Waals surface area contributed by atoms with Crippen LogP contribution in [-0.2, 0) is 16.2 Å². The number of nitrogens with zero attached hydrogens (tertiary/aromatic N) is 2. The number of rotatable bonds is 1. The second-order valence-corrected chi connectivity index (χ2v) is 21.8. The third kappa shape index (κ3) is 4.78. The molecule has 3 aliphatic rings. The first-order valence-electron chi connectivity index (χ1n) is 23.3. The SMILES string of the molecule is Cc1cc2c3c4c1c1cc5oc6ccccc6c5cc1n4-c1cc4c(cc1B3N(c1ccc(C(C)(C)C)cc1)c1cc3c(cc1-2)oc1cc(C(C)(C)C)ccc13)C(C)(C)c1ccccc1-4. The van der Waals surface area contributed by atoms with Crippen LogP contribution in [0.4, 0.5) is 11.4 Å². The van der Waals surface area contributed by atoms with Gasteiger partial charge in [-0.05, 0) is 128 Å². The lowest BCUT2D eigenvalue weighted by Gasteiger charge is -2.42. The molecule has 0 spiro atoms. The predicted octanol–water partition coefficient (Wildman–Crippen LogP) is 15.0. The Morgan fingerprint density at radius 1 is 0.508 bits per heavy atom. The van der Waals surface area contributed by atoms with Crippen LogP contribution in [0.3, 0.4) is 0 Å². The Morgan fingerprint density at radius 2 is 1.18 bits per heavy atom. The molecule has 5 heterocycles. The van der Waals surface area contributed by atoms with Gasteiger partial charge in [-0.25, -0.2) is 0 Å². The Morgan fingerprint density at radius 3 is 1.98 bits per heavy atom. The molecule has 5 heteroatoms. The van der Waals surface area contributed by atoms with Gasteiger partial charge in [-0.3, -0.25) is 0 Å². The number of benzene rings is 8. The van der Waals surface area contributed by atoms with E-state index in [0.717, 1.165) is 43.9 Å². The maximum atomic E-state index is 6.89. The van der Waals surface area contributed by atoms with Gasteiger partial charge >= 0.3 is 6.85 Å². The van der Waals surface area contributed by atoms with E-state index in [0.29, 0.717) is 0 Å². The van der Waals surface area contributed by atoms with Crippen LogP contribution >= 0.6 is 0 Å². The average Bonchev–Trinajstić information content (AvgIpc) is 4.00. The van der Waals surface area contributed by atoms with Crippen LogP contribution < -0.4 is 15.7 Å². The van der Waals surface area contributed by atoms with Gasteiger partial charge in [-0.2, -0.15) is 0 Å². The van der Waals surface area contributed by atoms with Crippen molar-refractivity contribution in [3.8, 4) is 27.9 Å². The molecule has 1 aliphatic carbocycles. The summed E-state index contributed by atoms with van der Waals surface area (Å²) in [5, 5.41) is 7.07. The summed E-state index contributed by atoms with van der Waals surface area (Å²) in [5.74, 6) is 0. The summed E-state index contributed by atoms with van der Waals surface area (Å²) in [6.07, 6.45) is 0. The standard InChI is InChI=1S/C60H49BN2O2/c1-32-24-43-40-29-53-42(38-23-20-34(59(5,6)7)25-52(38)65-53)28-49(40)63(35-21-18-33(19-22-35)58(2,3)4)61-47-31-46-39(36-14-10-12-16-45(36)60(46,8)9)26-50(47)62-48-27-41-37-15-11-13-17-51(37)64-54(41)30-44(48)55(32)57(62)56(43)61/h10-31H,1-9H3. The summed E-state index contributed by atoms with van der Waals surface area (Å²) in [6.45, 7) is 20.7. The fourth-order valence-corrected chi connectivity index (χ4v) is 12.2. The highest BCUT2D eigenvalue weighted by Gasteiger charge is 2.47. The average molecular weight is 841 g/mol. The molecule has 0 unspecified atom stereocenters. The maximum absolute atomic E-state index is 6.89. The molecule has 65 heavy (non-hydrogen) atoms. The Balaban J connectivity index is 1.16. The quantitative estimate of drug-likeness (QED) is 0.154. The third-order valence-corrected chi connectivity index (χ3v) is 15.6. The van der Waals surface area contributed by atoms with Gasteiger partial charge in [0.05, 0.1) is 11.0 Å². The molecular weight excluding hydrogens is 791 g/mol. The molecule has 0 amide bonds. The van der Waals surface area contributed by atoms with Gasteiger partial charge in [0, 0.05) is 60.4 Å². The van der Waals surface area contributed by atoms with E-state index in [1.54, 1.807) is 0 Å². The minimum Gasteiger partial charge on any atom is -0.456 e. The lowest BCUT2D eigenvalue weighted by Crippen LogP contribution is -2.60. The molecule has 0 fully saturated rings. The molecular formula is C60H49BN2O2. The second kappa shape index (κ2) is 12.0. The van der Waals surface area contributed by atoms with Gasteiger partial charge in [-0.1, -0.05) is 134 Å². The third-order valence-electron chi connectivity index (χ3n) is 15.6. The van der Waals surface area contributed by atoms with Crippen molar-refractivity contribution in [2.45, 2.75) is 78.6 Å². The summed E-state index contributed by atoms with van der Waals surface area (Å²) in [6, 6.07) is 50.8. The maximum Gasteiger partial charge on any atom is 0.333 e. The van der Waals surface area contributed by atoms with Crippen molar-refractivity contribution in [3.05, 3.63) is 161 Å². The zero-order valence-electron chi connectivity index (χ0n) is 38.5. The zero-order chi connectivity index (χ0) is 44.2. The van der Waals surface area contributed by atoms with Crippen LogP contribution in [-0.4, -0.2) is 11.4 Å². The summed E-state index contributed by atoms with van der Waals surface area (Å²) in [7, 11) is 0. The monoisotopic (exact) mass is 840 g/mol. The van der Waals surface area contributed by atoms with E-state index < -0.39 is 0 Å². The van der Waals surface area contributed by atoms with E-state index in [2.05, 4.69) is 205 Å². The summed E-state index contributed by atoms with van der Waals surface area (Å²) < 4.78 is 16.1. The van der Waals surface area contributed by atoms with Gasteiger partial charge in [0.2, 0.25) is 0 Å². The number of para-hydroxylation sites is 1. The van der Waals surface area contributed by atoms with Crippen molar-refractivity contribution < 1.29 is 8.83 Å². The minimum atomic E-state index is -0.174. The molecule has 0 saturated heterocycles. The van der Waals surface area contributed by atoms with Crippen molar-refractivity contribution in [3.63, 3.8) is 0 Å². The number of aryl methyl sites for hydroxylation is 1. The molecule has 3 aromatic heterocycles. The molecule has 11 aromatic rings. The van der Waals surface area contributed by atoms with Crippen LogP contribution in [0.25, 0.3) is 93.6 Å². The zero-order valence-corrected chi connectivity index (χ0v) is 38.5. The van der Waals surface area contributed by atoms with Gasteiger partial charge < -0.3 is 18.2 Å². The lowest BCUT2D eigenvalue weighted by atomic mass is 9.43. The number of hydrogen-bond acceptors (Lipinski definition) is 3. The summed E-state index contributed by atoms with van der Waals surface area (Å²) in [5.41, 5.74) is 24.0. The van der Waals surface area contributed by atoms with Crippen LogP contribution in [0.5, 0.6) is 0 Å². The van der Waals surface area contributed by atoms with Crippen LogP contribution in [0.15, 0.2) is 142 Å². The van der Waals surface area contributed by atoms with Crippen molar-refractivity contribution in [2.24, 2.45) is 0 Å². The fraction of sp³-hybridized carbons (Fsp3) is 0.200. The van der Waals surface area contributed by atoms with E-state index >= 15 is 0 Å². The summed E-state index contributed by atoms with van der Waals surface area (Å²) in [4.78, 5) is 2.67. The van der Waals surface area contributed by atoms with E-state index in [-0.39, 0.29) is 23.1 Å². The van der Waals surface area contributed by atoms with Crippen molar-refractivity contribution in [1.82, 2.24) is 4.57 Å². The van der Waals surface area contributed by atoms with Crippen LogP contribution in [0.2, 0.25) is 0 Å². The first-order valence-corrected chi connectivity index (χ1v) is 23.3. The van der Waals surface area contributed by atoms with Crippen LogP contribution in [0.1, 0.15) is 83.2 Å². The molecule has 314 valence electrons. The Kier molecular flexibility index (Phi) is 6.92.